The van der Waals surface area contributed by atoms with Crippen molar-refractivity contribution in [3.05, 3.63) is 58.4 Å². The van der Waals surface area contributed by atoms with Crippen LogP contribution in [-0.2, 0) is 12.8 Å². The first-order chi connectivity index (χ1) is 9.72. The molecule has 104 valence electrons. The number of aryl methyl sites for hydroxylation is 1. The number of aromatic nitrogens is 1. The van der Waals surface area contributed by atoms with Crippen LogP contribution in [-0.4, -0.2) is 11.6 Å². The predicted octanol–water partition coefficient (Wildman–Crippen LogP) is 3.30. The van der Waals surface area contributed by atoms with Gasteiger partial charge in [-0.1, -0.05) is 23.7 Å². The zero-order valence-corrected chi connectivity index (χ0v) is 11.9. The number of nitrogens with zero attached hydrogens (tertiary/aromatic N) is 1. The number of fused-ring (bicyclic) bond motifs is 1. The number of halogens is 1. The molecule has 0 saturated heterocycles. The number of pyridine rings is 1. The van der Waals surface area contributed by atoms with Gasteiger partial charge in [0.25, 0.3) is 0 Å². The third-order valence-corrected chi connectivity index (χ3v) is 3.85. The molecule has 1 aromatic heterocycles. The van der Waals surface area contributed by atoms with Crippen molar-refractivity contribution in [3.63, 3.8) is 0 Å². The third kappa shape index (κ3) is 2.94. The Morgan fingerprint density at radius 1 is 1.30 bits per heavy atom. The van der Waals surface area contributed by atoms with Crippen LogP contribution >= 0.6 is 11.6 Å². The Hall–Kier alpha value is -1.58. The van der Waals surface area contributed by atoms with Gasteiger partial charge in [0.05, 0.1) is 17.3 Å². The monoisotopic (exact) mass is 288 g/mol. The highest BCUT2D eigenvalue weighted by molar-refractivity contribution is 6.30. The molecule has 0 spiro atoms. The van der Waals surface area contributed by atoms with Crippen LogP contribution < -0.4 is 10.5 Å². The molecule has 0 radical (unpaired) electrons. The largest absolute Gasteiger partial charge is 0.493 e. The van der Waals surface area contributed by atoms with Gasteiger partial charge in [-0.25, -0.2) is 0 Å². The Labute approximate surface area is 123 Å². The van der Waals surface area contributed by atoms with Crippen LogP contribution in [0.3, 0.4) is 0 Å². The van der Waals surface area contributed by atoms with Crippen molar-refractivity contribution in [3.8, 4) is 5.75 Å². The van der Waals surface area contributed by atoms with E-state index in [0.29, 0.717) is 5.02 Å². The molecule has 0 saturated carbocycles. The first kappa shape index (κ1) is 13.4. The van der Waals surface area contributed by atoms with Gasteiger partial charge in [0.2, 0.25) is 0 Å². The Balaban J connectivity index is 1.63. The van der Waals surface area contributed by atoms with E-state index in [9.17, 15) is 0 Å². The first-order valence-electron chi connectivity index (χ1n) is 6.84. The van der Waals surface area contributed by atoms with E-state index in [-0.39, 0.29) is 6.04 Å². The summed E-state index contributed by atoms with van der Waals surface area (Å²) in [6, 6.07) is 10.1. The molecule has 0 amide bonds. The number of hydrogen-bond acceptors (Lipinski definition) is 3. The van der Waals surface area contributed by atoms with E-state index in [4.69, 9.17) is 22.1 Å². The van der Waals surface area contributed by atoms with Crippen LogP contribution in [0.15, 0.2) is 36.5 Å². The average molecular weight is 289 g/mol. The summed E-state index contributed by atoms with van der Waals surface area (Å²) in [6.07, 6.45) is 4.46. The van der Waals surface area contributed by atoms with Gasteiger partial charge in [-0.3, -0.25) is 4.98 Å². The van der Waals surface area contributed by atoms with Gasteiger partial charge in [-0.05, 0) is 42.2 Å². The Morgan fingerprint density at radius 2 is 2.20 bits per heavy atom. The van der Waals surface area contributed by atoms with Gasteiger partial charge in [-0.15, -0.1) is 0 Å². The standard InChI is InChI=1S/C16H17ClN2O/c17-13-3-5-15(19-10-13)14(18)4-1-11-2-6-16-12(9-11)7-8-20-16/h2-3,5-6,9-10,14H,1,4,7-8,18H2. The molecule has 1 aliphatic heterocycles. The maximum Gasteiger partial charge on any atom is 0.122 e. The fraction of sp³-hybridized carbons (Fsp3) is 0.312. The van der Waals surface area contributed by atoms with E-state index in [1.54, 1.807) is 6.20 Å². The minimum Gasteiger partial charge on any atom is -0.493 e. The molecular weight excluding hydrogens is 272 g/mol. The predicted molar refractivity (Wildman–Crippen MR) is 80.1 cm³/mol. The van der Waals surface area contributed by atoms with Crippen molar-refractivity contribution >= 4 is 11.6 Å². The smallest absolute Gasteiger partial charge is 0.122 e. The molecule has 4 heteroatoms. The summed E-state index contributed by atoms with van der Waals surface area (Å²) in [6.45, 7) is 0.799. The maximum absolute atomic E-state index is 6.18. The molecule has 20 heavy (non-hydrogen) atoms. The quantitative estimate of drug-likeness (QED) is 0.939. The highest BCUT2D eigenvalue weighted by Gasteiger charge is 2.13. The molecule has 0 fully saturated rings. The summed E-state index contributed by atoms with van der Waals surface area (Å²) in [7, 11) is 0. The number of ether oxygens (including phenoxy) is 1. The number of nitrogens with two attached hydrogens (primary N) is 1. The van der Waals surface area contributed by atoms with Gasteiger partial charge in [0.1, 0.15) is 5.75 Å². The minimum absolute atomic E-state index is 0.0585. The fourth-order valence-corrected chi connectivity index (χ4v) is 2.58. The summed E-state index contributed by atoms with van der Waals surface area (Å²) < 4.78 is 5.51. The number of benzene rings is 1. The van der Waals surface area contributed by atoms with Crippen LogP contribution in [0.1, 0.15) is 29.3 Å². The Morgan fingerprint density at radius 3 is 3.00 bits per heavy atom. The van der Waals surface area contributed by atoms with Crippen molar-refractivity contribution in [1.29, 1.82) is 0 Å². The lowest BCUT2D eigenvalue weighted by Crippen LogP contribution is -2.12. The molecule has 1 aromatic carbocycles. The average Bonchev–Trinajstić information content (AvgIpc) is 2.93. The van der Waals surface area contributed by atoms with Crippen molar-refractivity contribution in [2.75, 3.05) is 6.61 Å². The molecule has 1 atom stereocenters. The summed E-state index contributed by atoms with van der Waals surface area (Å²) in [5, 5.41) is 0.638. The summed E-state index contributed by atoms with van der Waals surface area (Å²) in [5.41, 5.74) is 9.67. The maximum atomic E-state index is 6.18. The summed E-state index contributed by atoms with van der Waals surface area (Å²) >= 11 is 5.83. The van der Waals surface area contributed by atoms with Crippen LogP contribution in [0.2, 0.25) is 5.02 Å². The lowest BCUT2D eigenvalue weighted by Gasteiger charge is -2.11. The lowest BCUT2D eigenvalue weighted by molar-refractivity contribution is 0.357. The normalized spacial score (nSPS) is 14.7. The SMILES string of the molecule is NC(CCc1ccc2c(c1)CCO2)c1ccc(Cl)cn1. The van der Waals surface area contributed by atoms with Gasteiger partial charge < -0.3 is 10.5 Å². The molecule has 0 aliphatic carbocycles. The highest BCUT2D eigenvalue weighted by Crippen LogP contribution is 2.27. The van der Waals surface area contributed by atoms with Crippen LogP contribution in [0.4, 0.5) is 0 Å². The fourth-order valence-electron chi connectivity index (χ4n) is 2.47. The van der Waals surface area contributed by atoms with Gasteiger partial charge in [-0.2, -0.15) is 0 Å². The zero-order chi connectivity index (χ0) is 13.9. The Kier molecular flexibility index (Phi) is 3.90. The van der Waals surface area contributed by atoms with E-state index in [1.165, 1.54) is 11.1 Å². The van der Waals surface area contributed by atoms with Crippen molar-refractivity contribution in [1.82, 2.24) is 4.98 Å². The summed E-state index contributed by atoms with van der Waals surface area (Å²) in [5.74, 6) is 1.03. The van der Waals surface area contributed by atoms with E-state index >= 15 is 0 Å². The molecule has 2 aromatic rings. The lowest BCUT2D eigenvalue weighted by atomic mass is 10.0. The second-order valence-electron chi connectivity index (χ2n) is 5.09. The molecule has 3 rings (SSSR count). The molecular formula is C16H17ClN2O. The molecule has 1 aliphatic rings. The van der Waals surface area contributed by atoms with E-state index in [0.717, 1.165) is 37.3 Å². The molecule has 2 heterocycles. The van der Waals surface area contributed by atoms with Crippen molar-refractivity contribution < 1.29 is 4.74 Å². The van der Waals surface area contributed by atoms with Crippen molar-refractivity contribution in [2.24, 2.45) is 5.73 Å². The first-order valence-corrected chi connectivity index (χ1v) is 7.22. The second kappa shape index (κ2) is 5.81. The van der Waals surface area contributed by atoms with Gasteiger partial charge in [0, 0.05) is 18.7 Å². The molecule has 1 unspecified atom stereocenters. The molecule has 3 nitrogen and oxygen atoms in total. The van der Waals surface area contributed by atoms with Crippen LogP contribution in [0.5, 0.6) is 5.75 Å². The van der Waals surface area contributed by atoms with Gasteiger partial charge in [0.15, 0.2) is 0 Å². The van der Waals surface area contributed by atoms with E-state index in [1.807, 2.05) is 12.1 Å². The molecule has 0 bridgehead atoms. The van der Waals surface area contributed by atoms with Gasteiger partial charge >= 0.3 is 0 Å². The van der Waals surface area contributed by atoms with Crippen LogP contribution in [0, 0.1) is 0 Å². The second-order valence-corrected chi connectivity index (χ2v) is 5.52. The summed E-state index contributed by atoms with van der Waals surface area (Å²) in [4.78, 5) is 4.27. The Bertz CT molecular complexity index is 598. The third-order valence-electron chi connectivity index (χ3n) is 3.63. The number of rotatable bonds is 4. The topological polar surface area (TPSA) is 48.1 Å². The number of hydrogen-bond donors (Lipinski definition) is 1. The van der Waals surface area contributed by atoms with E-state index in [2.05, 4.69) is 23.2 Å². The highest BCUT2D eigenvalue weighted by atomic mass is 35.5. The van der Waals surface area contributed by atoms with Crippen molar-refractivity contribution in [2.45, 2.75) is 25.3 Å². The minimum atomic E-state index is -0.0585. The van der Waals surface area contributed by atoms with Crippen LogP contribution in [0.25, 0.3) is 0 Å². The van der Waals surface area contributed by atoms with E-state index < -0.39 is 0 Å². The molecule has 2 N–H and O–H groups in total. The zero-order valence-electron chi connectivity index (χ0n) is 11.2.